The van der Waals surface area contributed by atoms with E-state index < -0.39 is 0 Å². The van der Waals surface area contributed by atoms with E-state index in [1.807, 2.05) is 0 Å². The van der Waals surface area contributed by atoms with Crippen molar-refractivity contribution >= 4 is 32.5 Å². The Morgan fingerprint density at radius 2 is 1.91 bits per heavy atom. The number of nitrogens with one attached hydrogen (secondary N) is 2. The summed E-state index contributed by atoms with van der Waals surface area (Å²) in [5.74, 6) is 1.08. The van der Waals surface area contributed by atoms with Crippen molar-refractivity contribution in [3.05, 3.63) is 76.4 Å². The molecule has 114 valence electrons. The molecule has 0 spiro atoms. The fourth-order valence-corrected chi connectivity index (χ4v) is 4.74. The summed E-state index contributed by atoms with van der Waals surface area (Å²) in [5.41, 5.74) is 5.25. The monoisotopic (exact) mass is 364 g/mol. The molecule has 23 heavy (non-hydrogen) atoms. The molecule has 1 aliphatic heterocycles. The van der Waals surface area contributed by atoms with E-state index in [9.17, 15) is 0 Å². The predicted octanol–water partition coefficient (Wildman–Crippen LogP) is 5.76. The van der Waals surface area contributed by atoms with Crippen LogP contribution in [0.15, 0.2) is 65.3 Å². The van der Waals surface area contributed by atoms with E-state index in [1.165, 1.54) is 27.7 Å². The van der Waals surface area contributed by atoms with Crippen LogP contribution < -0.4 is 5.32 Å². The number of allylic oxidation sites excluding steroid dienone is 2. The molecular weight excluding hydrogens is 348 g/mol. The molecule has 0 radical (unpaired) electrons. The lowest BCUT2D eigenvalue weighted by atomic mass is 9.77. The minimum Gasteiger partial charge on any atom is -0.377 e. The Morgan fingerprint density at radius 1 is 1.00 bits per heavy atom. The number of H-pyrrole nitrogens is 1. The number of aromatic nitrogens is 1. The van der Waals surface area contributed by atoms with Crippen molar-refractivity contribution in [3.63, 3.8) is 0 Å². The van der Waals surface area contributed by atoms with E-state index in [0.717, 1.165) is 10.9 Å². The summed E-state index contributed by atoms with van der Waals surface area (Å²) < 4.78 is 1.15. The Bertz CT molecular complexity index is 924. The van der Waals surface area contributed by atoms with Gasteiger partial charge in [0.25, 0.3) is 0 Å². The Balaban J connectivity index is 1.69. The highest BCUT2D eigenvalue weighted by molar-refractivity contribution is 9.10. The number of fused-ring (bicyclic) bond motifs is 4. The van der Waals surface area contributed by atoms with E-state index in [2.05, 4.69) is 87.0 Å². The molecule has 0 saturated carbocycles. The summed E-state index contributed by atoms with van der Waals surface area (Å²) in [6.07, 6.45) is 8.04. The Hall–Kier alpha value is -2.00. The minimum atomic E-state index is 0.331. The van der Waals surface area contributed by atoms with Crippen LogP contribution in [0.3, 0.4) is 0 Å². The van der Waals surface area contributed by atoms with Gasteiger partial charge in [0.15, 0.2) is 0 Å². The molecule has 2 N–H and O–H groups in total. The second-order valence-corrected chi connectivity index (χ2v) is 7.32. The highest BCUT2D eigenvalue weighted by atomic mass is 79.9. The van der Waals surface area contributed by atoms with Gasteiger partial charge in [-0.15, -0.1) is 0 Å². The van der Waals surface area contributed by atoms with Gasteiger partial charge in [-0.3, -0.25) is 0 Å². The molecule has 3 unspecified atom stereocenters. The van der Waals surface area contributed by atoms with Gasteiger partial charge >= 0.3 is 0 Å². The molecule has 1 aromatic heterocycles. The Morgan fingerprint density at radius 3 is 2.87 bits per heavy atom. The largest absolute Gasteiger partial charge is 0.377 e. The topological polar surface area (TPSA) is 27.8 Å². The number of aromatic amines is 1. The molecule has 3 aromatic rings. The van der Waals surface area contributed by atoms with Crippen molar-refractivity contribution in [2.75, 3.05) is 5.32 Å². The molecule has 2 heterocycles. The van der Waals surface area contributed by atoms with Crippen molar-refractivity contribution in [1.29, 1.82) is 0 Å². The van der Waals surface area contributed by atoms with Gasteiger partial charge in [-0.2, -0.15) is 0 Å². The smallest absolute Gasteiger partial charge is 0.0575 e. The molecule has 3 atom stereocenters. The van der Waals surface area contributed by atoms with Crippen LogP contribution in [0.1, 0.15) is 29.5 Å². The molecule has 2 aromatic carbocycles. The number of anilines is 1. The first-order valence-electron chi connectivity index (χ1n) is 8.10. The van der Waals surface area contributed by atoms with Crippen molar-refractivity contribution in [1.82, 2.24) is 4.98 Å². The maximum Gasteiger partial charge on any atom is 0.0575 e. The van der Waals surface area contributed by atoms with Gasteiger partial charge in [-0.1, -0.05) is 42.5 Å². The van der Waals surface area contributed by atoms with Crippen molar-refractivity contribution in [2.45, 2.75) is 18.4 Å². The fourth-order valence-electron chi connectivity index (χ4n) is 4.24. The van der Waals surface area contributed by atoms with Crippen molar-refractivity contribution in [2.24, 2.45) is 5.92 Å². The zero-order valence-corrected chi connectivity index (χ0v) is 14.2. The second-order valence-electron chi connectivity index (χ2n) is 6.47. The molecule has 0 saturated heterocycles. The summed E-state index contributed by atoms with van der Waals surface area (Å²) in [6.45, 7) is 0. The molecular formula is C20H17BrN2. The predicted molar refractivity (Wildman–Crippen MR) is 98.8 cm³/mol. The highest BCUT2D eigenvalue weighted by Gasteiger charge is 2.39. The van der Waals surface area contributed by atoms with Crippen LogP contribution in [0.5, 0.6) is 0 Å². The summed E-state index contributed by atoms with van der Waals surface area (Å²) in [6, 6.07) is 15.4. The van der Waals surface area contributed by atoms with E-state index in [0.29, 0.717) is 17.9 Å². The lowest BCUT2D eigenvalue weighted by Crippen LogP contribution is -2.29. The fraction of sp³-hybridized carbons (Fsp3) is 0.200. The number of hydrogen-bond acceptors (Lipinski definition) is 1. The first-order valence-corrected chi connectivity index (χ1v) is 8.90. The number of para-hydroxylation sites is 2. The minimum absolute atomic E-state index is 0.331. The van der Waals surface area contributed by atoms with Crippen LogP contribution in [0.25, 0.3) is 10.9 Å². The third-order valence-electron chi connectivity index (χ3n) is 5.30. The molecule has 2 aliphatic rings. The summed E-state index contributed by atoms with van der Waals surface area (Å²) in [7, 11) is 0. The average molecular weight is 365 g/mol. The first kappa shape index (κ1) is 13.4. The van der Waals surface area contributed by atoms with Gasteiger partial charge in [0.05, 0.1) is 11.7 Å². The molecule has 0 fully saturated rings. The Kier molecular flexibility index (Phi) is 2.92. The maximum absolute atomic E-state index is 3.82. The standard InChI is InChI=1S/C20H17BrN2/c21-17-9-4-8-15-12-6-3-7-14(12)19(23-20(15)17)16-11-22-18-10-2-1-5-13(16)18/h1-6,8-12,14,19,22-23H,7H2. The third-order valence-corrected chi connectivity index (χ3v) is 5.96. The number of hydrogen-bond donors (Lipinski definition) is 2. The number of benzene rings is 2. The summed E-state index contributed by atoms with van der Waals surface area (Å²) in [5, 5.41) is 5.15. The van der Waals surface area contributed by atoms with Crippen molar-refractivity contribution in [3.8, 4) is 0 Å². The molecule has 0 bridgehead atoms. The van der Waals surface area contributed by atoms with E-state index >= 15 is 0 Å². The average Bonchev–Trinajstić information content (AvgIpc) is 3.22. The van der Waals surface area contributed by atoms with Crippen LogP contribution >= 0.6 is 15.9 Å². The lowest BCUT2D eigenvalue weighted by molar-refractivity contribution is 0.427. The molecule has 1 aliphatic carbocycles. The number of halogens is 1. The zero-order chi connectivity index (χ0) is 15.4. The molecule has 3 heteroatoms. The van der Waals surface area contributed by atoms with Gasteiger partial charge in [-0.25, -0.2) is 0 Å². The maximum atomic E-state index is 3.82. The lowest BCUT2D eigenvalue weighted by Gasteiger charge is -2.37. The van der Waals surface area contributed by atoms with E-state index in [4.69, 9.17) is 0 Å². The van der Waals surface area contributed by atoms with Gasteiger partial charge in [-0.05, 0) is 51.5 Å². The Labute approximate surface area is 143 Å². The van der Waals surface area contributed by atoms with Crippen LogP contribution in [-0.4, -0.2) is 4.98 Å². The summed E-state index contributed by atoms with van der Waals surface area (Å²) >= 11 is 3.73. The third kappa shape index (κ3) is 1.93. The quantitative estimate of drug-likeness (QED) is 0.528. The highest BCUT2D eigenvalue weighted by Crippen LogP contribution is 2.52. The van der Waals surface area contributed by atoms with Crippen LogP contribution in [0, 0.1) is 5.92 Å². The zero-order valence-electron chi connectivity index (χ0n) is 12.6. The second kappa shape index (κ2) is 5.00. The normalized spacial score (nSPS) is 25.2. The molecule has 5 rings (SSSR count). The van der Waals surface area contributed by atoms with Gasteiger partial charge in [0.1, 0.15) is 0 Å². The first-order chi connectivity index (χ1) is 11.3. The van der Waals surface area contributed by atoms with Gasteiger partial charge in [0.2, 0.25) is 0 Å². The van der Waals surface area contributed by atoms with E-state index in [-0.39, 0.29) is 0 Å². The van der Waals surface area contributed by atoms with Gasteiger partial charge in [0, 0.05) is 27.5 Å². The van der Waals surface area contributed by atoms with Crippen molar-refractivity contribution < 1.29 is 0 Å². The number of rotatable bonds is 1. The van der Waals surface area contributed by atoms with Gasteiger partial charge < -0.3 is 10.3 Å². The SMILES string of the molecule is Brc1cccc2c1NC(c1c[nH]c3ccccc13)C1CC=CC21. The van der Waals surface area contributed by atoms with E-state index in [1.54, 1.807) is 0 Å². The van der Waals surface area contributed by atoms with Crippen LogP contribution in [-0.2, 0) is 0 Å². The molecule has 0 amide bonds. The molecule has 2 nitrogen and oxygen atoms in total. The van der Waals surface area contributed by atoms with Crippen LogP contribution in [0.4, 0.5) is 5.69 Å². The summed E-state index contributed by atoms with van der Waals surface area (Å²) in [4.78, 5) is 3.43. The van der Waals surface area contributed by atoms with Crippen LogP contribution in [0.2, 0.25) is 0 Å².